The number of halogens is 5. The van der Waals surface area contributed by atoms with Crippen LogP contribution in [0.25, 0.3) is 6.08 Å². The molecule has 0 aliphatic heterocycles. The Hall–Kier alpha value is -2.25. The highest BCUT2D eigenvalue weighted by Gasteiger charge is 2.32. The summed E-state index contributed by atoms with van der Waals surface area (Å²) in [6.07, 6.45) is -3.92. The predicted molar refractivity (Wildman–Crippen MR) is 78.7 cm³/mol. The van der Waals surface area contributed by atoms with Gasteiger partial charge >= 0.3 is 6.18 Å². The molecule has 0 aromatic heterocycles. The van der Waals surface area contributed by atoms with E-state index in [-0.39, 0.29) is 11.1 Å². The van der Waals surface area contributed by atoms with Crippen LogP contribution in [0.15, 0.2) is 53.6 Å². The highest BCUT2D eigenvalue weighted by atomic mass is 35.5. The molecule has 0 amide bonds. The van der Waals surface area contributed by atoms with E-state index in [0.717, 1.165) is 18.2 Å². The molecule has 22 heavy (non-hydrogen) atoms. The summed E-state index contributed by atoms with van der Waals surface area (Å²) in [5.74, 6) is 4.85. The fraction of sp³-hybridized carbons (Fsp3) is 0.0588. The molecular weight excluding hydrogens is 316 g/mol. The van der Waals surface area contributed by atoms with Gasteiger partial charge in [0.1, 0.15) is 10.8 Å². The van der Waals surface area contributed by atoms with Crippen LogP contribution >= 0.6 is 11.6 Å². The topological polar surface area (TPSA) is 0 Å². The number of allylic oxidation sites excluding steroid dienone is 1. The molecule has 0 aliphatic carbocycles. The van der Waals surface area contributed by atoms with Crippen LogP contribution in [0.2, 0.25) is 0 Å². The molecule has 0 saturated heterocycles. The summed E-state index contributed by atoms with van der Waals surface area (Å²) in [6.45, 7) is 0. The van der Waals surface area contributed by atoms with Crippen LogP contribution in [0.4, 0.5) is 17.6 Å². The zero-order valence-electron chi connectivity index (χ0n) is 11.1. The van der Waals surface area contributed by atoms with Gasteiger partial charge in [0.2, 0.25) is 0 Å². The Morgan fingerprint density at radius 1 is 1.00 bits per heavy atom. The minimum atomic E-state index is -4.65. The Labute approximate surface area is 130 Å². The van der Waals surface area contributed by atoms with Gasteiger partial charge in [-0.25, -0.2) is 4.39 Å². The summed E-state index contributed by atoms with van der Waals surface area (Å²) in [4.78, 5) is 0. The lowest BCUT2D eigenvalue weighted by molar-refractivity contribution is -0.0836. The van der Waals surface area contributed by atoms with Crippen molar-refractivity contribution in [1.29, 1.82) is 0 Å². The molecule has 0 spiro atoms. The van der Waals surface area contributed by atoms with Crippen LogP contribution in [0, 0.1) is 17.7 Å². The van der Waals surface area contributed by atoms with Crippen molar-refractivity contribution in [3.63, 3.8) is 0 Å². The van der Waals surface area contributed by atoms with Gasteiger partial charge in [-0.15, -0.1) is 0 Å². The Morgan fingerprint density at radius 3 is 2.32 bits per heavy atom. The standard InChI is InChI=1S/C17H9ClF4/c18-16(17(20,21)22)11-14-8-9-15(19)10-13(14)7-6-12-4-2-1-3-5-12/h1-5,8-11H/b16-11-. The van der Waals surface area contributed by atoms with E-state index in [1.54, 1.807) is 24.3 Å². The van der Waals surface area contributed by atoms with E-state index in [4.69, 9.17) is 11.6 Å². The molecule has 2 rings (SSSR count). The van der Waals surface area contributed by atoms with Gasteiger partial charge in [0, 0.05) is 11.1 Å². The Balaban J connectivity index is 2.44. The molecule has 0 radical (unpaired) electrons. The second-order valence-electron chi connectivity index (χ2n) is 4.34. The lowest BCUT2D eigenvalue weighted by atomic mass is 10.1. The monoisotopic (exact) mass is 324 g/mol. The van der Waals surface area contributed by atoms with Crippen molar-refractivity contribution < 1.29 is 17.6 Å². The molecule has 2 aromatic rings. The number of hydrogen-bond donors (Lipinski definition) is 0. The fourth-order valence-electron chi connectivity index (χ4n) is 1.64. The van der Waals surface area contributed by atoms with E-state index in [9.17, 15) is 17.6 Å². The molecule has 2 aromatic carbocycles. The smallest absolute Gasteiger partial charge is 0.207 e. The third-order valence-corrected chi connectivity index (χ3v) is 3.01. The molecule has 0 bridgehead atoms. The van der Waals surface area contributed by atoms with Gasteiger partial charge in [-0.05, 0) is 35.9 Å². The molecule has 0 atom stereocenters. The molecule has 0 heterocycles. The lowest BCUT2D eigenvalue weighted by Crippen LogP contribution is -2.06. The maximum atomic E-state index is 13.3. The zero-order valence-corrected chi connectivity index (χ0v) is 11.8. The Bertz CT molecular complexity index is 750. The zero-order chi connectivity index (χ0) is 16.2. The number of hydrogen-bond acceptors (Lipinski definition) is 0. The van der Waals surface area contributed by atoms with Gasteiger partial charge in [-0.2, -0.15) is 13.2 Å². The average Bonchev–Trinajstić information content (AvgIpc) is 2.47. The average molecular weight is 325 g/mol. The molecule has 0 saturated carbocycles. The summed E-state index contributed by atoms with van der Waals surface area (Å²) in [5, 5.41) is -1.29. The van der Waals surface area contributed by atoms with Crippen molar-refractivity contribution >= 4 is 17.7 Å². The minimum Gasteiger partial charge on any atom is -0.207 e. The van der Waals surface area contributed by atoms with Crippen LogP contribution in [-0.2, 0) is 0 Å². The summed E-state index contributed by atoms with van der Waals surface area (Å²) < 4.78 is 50.8. The second-order valence-corrected chi connectivity index (χ2v) is 4.74. The summed E-state index contributed by atoms with van der Waals surface area (Å²) in [5.41, 5.74) is 0.905. The molecule has 112 valence electrons. The van der Waals surface area contributed by atoms with Gasteiger partial charge in [0.05, 0.1) is 0 Å². The third-order valence-electron chi connectivity index (χ3n) is 2.68. The first-order chi connectivity index (χ1) is 10.4. The van der Waals surface area contributed by atoms with Gasteiger partial charge in [0.15, 0.2) is 0 Å². The van der Waals surface area contributed by atoms with Crippen LogP contribution in [-0.4, -0.2) is 6.18 Å². The predicted octanol–water partition coefficient (Wildman–Crippen LogP) is 5.37. The first kappa shape index (κ1) is 16.1. The molecule has 0 fully saturated rings. The van der Waals surface area contributed by atoms with Gasteiger partial charge in [-0.3, -0.25) is 0 Å². The second kappa shape index (κ2) is 6.67. The molecule has 5 heteroatoms. The maximum Gasteiger partial charge on any atom is 0.426 e. The van der Waals surface area contributed by atoms with Crippen LogP contribution in [0.1, 0.15) is 16.7 Å². The Morgan fingerprint density at radius 2 is 1.68 bits per heavy atom. The first-order valence-electron chi connectivity index (χ1n) is 6.17. The third kappa shape index (κ3) is 4.37. The number of benzene rings is 2. The summed E-state index contributed by atoms with van der Waals surface area (Å²) in [7, 11) is 0. The highest BCUT2D eigenvalue weighted by Crippen LogP contribution is 2.31. The van der Waals surface area contributed by atoms with E-state index in [1.165, 1.54) is 6.07 Å². The summed E-state index contributed by atoms with van der Waals surface area (Å²) >= 11 is 5.21. The first-order valence-corrected chi connectivity index (χ1v) is 6.55. The molecule has 0 N–H and O–H groups in total. The van der Waals surface area contributed by atoms with Gasteiger partial charge in [-0.1, -0.05) is 47.7 Å². The van der Waals surface area contributed by atoms with Crippen LogP contribution < -0.4 is 0 Å². The molecular formula is C17H9ClF4. The van der Waals surface area contributed by atoms with Crippen molar-refractivity contribution in [1.82, 2.24) is 0 Å². The SMILES string of the molecule is Fc1ccc(/C=C(\Cl)C(F)(F)F)c(C#Cc2ccccc2)c1. The van der Waals surface area contributed by atoms with Crippen molar-refractivity contribution in [2.24, 2.45) is 0 Å². The van der Waals surface area contributed by atoms with Gasteiger partial charge in [0.25, 0.3) is 0 Å². The number of alkyl halides is 3. The fourth-order valence-corrected chi connectivity index (χ4v) is 1.76. The van der Waals surface area contributed by atoms with Crippen molar-refractivity contribution in [2.75, 3.05) is 0 Å². The quantitative estimate of drug-likeness (QED) is 0.489. The summed E-state index contributed by atoms with van der Waals surface area (Å²) in [6, 6.07) is 12.2. The van der Waals surface area contributed by atoms with E-state index in [0.29, 0.717) is 5.56 Å². The lowest BCUT2D eigenvalue weighted by Gasteiger charge is -2.05. The minimum absolute atomic E-state index is 0.104. The molecule has 0 nitrogen and oxygen atoms in total. The van der Waals surface area contributed by atoms with E-state index >= 15 is 0 Å². The van der Waals surface area contributed by atoms with E-state index in [2.05, 4.69) is 11.8 Å². The molecule has 0 aliphatic rings. The van der Waals surface area contributed by atoms with Crippen LogP contribution in [0.3, 0.4) is 0 Å². The normalized spacial score (nSPS) is 11.8. The van der Waals surface area contributed by atoms with Crippen molar-refractivity contribution in [3.05, 3.63) is 76.1 Å². The van der Waals surface area contributed by atoms with Gasteiger partial charge < -0.3 is 0 Å². The number of rotatable bonds is 1. The maximum absolute atomic E-state index is 13.3. The van der Waals surface area contributed by atoms with Crippen molar-refractivity contribution in [3.8, 4) is 11.8 Å². The van der Waals surface area contributed by atoms with E-state index < -0.39 is 17.0 Å². The molecule has 0 unspecified atom stereocenters. The van der Waals surface area contributed by atoms with Crippen molar-refractivity contribution in [2.45, 2.75) is 6.18 Å². The largest absolute Gasteiger partial charge is 0.426 e. The van der Waals surface area contributed by atoms with E-state index in [1.807, 2.05) is 6.07 Å². The van der Waals surface area contributed by atoms with Crippen LogP contribution in [0.5, 0.6) is 0 Å². The highest BCUT2D eigenvalue weighted by molar-refractivity contribution is 6.32. The Kier molecular flexibility index (Phi) is 4.89.